The van der Waals surface area contributed by atoms with Gasteiger partial charge in [-0.15, -0.1) is 12.8 Å². The van der Waals surface area contributed by atoms with Crippen LogP contribution in [0.3, 0.4) is 0 Å². The van der Waals surface area contributed by atoms with Crippen molar-refractivity contribution in [3.8, 4) is 155 Å². The lowest BCUT2D eigenvalue weighted by Crippen LogP contribution is -2.53. The summed E-state index contributed by atoms with van der Waals surface area (Å²) in [5.41, 5.74) is 15.8. The molecule has 0 aliphatic carbocycles. The number of aromatic nitrogens is 1. The first kappa shape index (κ1) is 51.8. The normalized spacial score (nSPS) is 11.0. The third kappa shape index (κ3) is 22.8. The molecule has 7 N–H and O–H groups in total. The number of rotatable bonds is 10. The SMILES string of the molecule is C#CC#CC#CC#CC#CC#CC#CC#CC#CC#CC#CC#CC#C.NN=NN[N+](=O)[O-].Nc1nccc2cc(CCC(=O)[C@@H]3CCCCN3C(=O)[C@H](N)CCc3ccccc3)ccc12.[HH].[HH].[HH].[HH].[HH].[HH].[HH].[HH].[HH].[HH].[HH].[HH].[HH].[HH]. The maximum atomic E-state index is 13.1. The van der Waals surface area contributed by atoms with Crippen molar-refractivity contribution in [1.82, 2.24) is 15.4 Å². The molecule has 346 valence electrons. The van der Waals surface area contributed by atoms with Gasteiger partial charge in [0.1, 0.15) is 5.82 Å². The van der Waals surface area contributed by atoms with Crippen molar-refractivity contribution < 1.29 is 34.6 Å². The number of aryl methyl sites for hydroxylation is 2. The summed E-state index contributed by atoms with van der Waals surface area (Å²) < 4.78 is 0. The maximum absolute atomic E-state index is 13.1. The average molecular weight is 892 g/mol. The van der Waals surface area contributed by atoms with Gasteiger partial charge >= 0.3 is 0 Å². The Bertz CT molecular complexity index is 3030. The van der Waals surface area contributed by atoms with Gasteiger partial charge in [-0.2, -0.15) is 0 Å². The highest BCUT2D eigenvalue weighted by atomic mass is 16.7. The van der Waals surface area contributed by atoms with Gasteiger partial charge in [0.15, 0.2) is 11.0 Å². The molecule has 1 fully saturated rings. The molecule has 1 amide bonds. The zero-order chi connectivity index (χ0) is 47.9. The van der Waals surface area contributed by atoms with E-state index in [0.29, 0.717) is 31.6 Å². The molecule has 1 aliphatic heterocycles. The third-order valence-corrected chi connectivity index (χ3v) is 8.22. The summed E-state index contributed by atoms with van der Waals surface area (Å²) in [7, 11) is 0. The number of piperidine rings is 1. The topological polar surface area (TPSA) is 208 Å². The number of fused-ring (bicyclic) bond motifs is 1. The van der Waals surface area contributed by atoms with Gasteiger partial charge in [0.25, 0.3) is 0 Å². The first-order valence-corrected chi connectivity index (χ1v) is 19.4. The number of hydrogen-bond acceptors (Lipinski definition) is 9. The van der Waals surface area contributed by atoms with E-state index >= 15 is 0 Å². The Kier molecular flexibility index (Phi) is 26.2. The van der Waals surface area contributed by atoms with Crippen LogP contribution in [0.5, 0.6) is 0 Å². The molecule has 1 aromatic heterocycles. The monoisotopic (exact) mass is 892 g/mol. The van der Waals surface area contributed by atoms with Gasteiger partial charge in [-0.3, -0.25) is 15.4 Å². The fourth-order valence-corrected chi connectivity index (χ4v) is 5.43. The molecule has 66 heavy (non-hydrogen) atoms. The van der Waals surface area contributed by atoms with E-state index in [1.54, 1.807) is 11.1 Å². The predicted molar refractivity (Wildman–Crippen MR) is 284 cm³/mol. The number of terminal acetylenes is 2. The Hall–Kier alpha value is -10.4. The molecule has 0 saturated carbocycles. The number of nitrogens with one attached hydrogen (secondary N) is 1. The average Bonchev–Trinajstić information content (AvgIpc) is 3.34. The Balaban J connectivity index is -0.0000000799. The number of amides is 1. The lowest BCUT2D eigenvalue weighted by atomic mass is 9.93. The molecule has 1 saturated heterocycles. The van der Waals surface area contributed by atoms with Gasteiger partial charge in [0, 0.05) is 97.4 Å². The number of benzene rings is 2. The highest BCUT2D eigenvalue weighted by molar-refractivity contribution is 5.92. The predicted octanol–water partition coefficient (Wildman–Crippen LogP) is 6.40. The minimum absolute atomic E-state index is 0. The van der Waals surface area contributed by atoms with Crippen molar-refractivity contribution in [2.45, 2.75) is 57.0 Å². The summed E-state index contributed by atoms with van der Waals surface area (Å²) in [4.78, 5) is 41.4. The highest BCUT2D eigenvalue weighted by Gasteiger charge is 2.33. The van der Waals surface area contributed by atoms with Crippen molar-refractivity contribution in [2.75, 3.05) is 12.3 Å². The van der Waals surface area contributed by atoms with Gasteiger partial charge in [-0.05, 0) is 156 Å². The molecule has 0 unspecified atom stereocenters. The van der Waals surface area contributed by atoms with E-state index in [4.69, 9.17) is 24.3 Å². The smallest absolute Gasteiger partial charge is 0.240 e. The van der Waals surface area contributed by atoms with Crippen molar-refractivity contribution in [3.05, 3.63) is 82.0 Å². The molecule has 0 spiro atoms. The van der Waals surface area contributed by atoms with Crippen molar-refractivity contribution in [3.63, 3.8) is 0 Å². The molecular formula is C53H65N9O4. The summed E-state index contributed by atoms with van der Waals surface area (Å²) in [6.45, 7) is 0.608. The van der Waals surface area contributed by atoms with Crippen LogP contribution in [-0.2, 0) is 22.4 Å². The molecule has 2 atom stereocenters. The number of Topliss-reactive ketones (excluding diaryl/α,β-unsaturated/α-hetero) is 1. The molecule has 0 radical (unpaired) electrons. The molecule has 2 heterocycles. The number of nitrogens with two attached hydrogens (primary N) is 3. The fraction of sp³-hybridized carbons (Fsp3) is 0.189. The van der Waals surface area contributed by atoms with Crippen molar-refractivity contribution >= 4 is 28.3 Å². The number of pyridine rings is 1. The summed E-state index contributed by atoms with van der Waals surface area (Å²) in [6, 6.07) is 17.0. The summed E-state index contributed by atoms with van der Waals surface area (Å²) in [5.74, 6) is 63.1. The summed E-state index contributed by atoms with van der Waals surface area (Å²) >= 11 is 0. The minimum atomic E-state index is -0.879. The second-order valence-corrected chi connectivity index (χ2v) is 12.5. The largest absolute Gasteiger partial charge is 0.383 e. The number of nitrogens with zero attached hydrogens (tertiary/aromatic N) is 5. The van der Waals surface area contributed by atoms with E-state index in [1.165, 1.54) is 11.1 Å². The number of nitrogen functional groups attached to an aromatic ring is 1. The van der Waals surface area contributed by atoms with Gasteiger partial charge in [-0.25, -0.2) is 4.98 Å². The van der Waals surface area contributed by atoms with Gasteiger partial charge in [0.2, 0.25) is 5.91 Å². The van der Waals surface area contributed by atoms with E-state index in [2.05, 4.69) is 169 Å². The van der Waals surface area contributed by atoms with E-state index < -0.39 is 11.1 Å². The number of anilines is 1. The van der Waals surface area contributed by atoms with Crippen LogP contribution < -0.4 is 22.8 Å². The molecule has 1 aliphatic rings. The number of likely N-dealkylation sites (tertiary alicyclic amines) is 1. The summed E-state index contributed by atoms with van der Waals surface area (Å²) in [5, 5.41) is 15.5. The van der Waals surface area contributed by atoms with Crippen LogP contribution in [0, 0.1) is 165 Å². The maximum Gasteiger partial charge on any atom is 0.240 e. The number of hydrogen-bond donors (Lipinski definition) is 4. The first-order valence-electron chi connectivity index (χ1n) is 19.4. The van der Waals surface area contributed by atoms with E-state index in [1.807, 2.05) is 48.5 Å². The van der Waals surface area contributed by atoms with E-state index in [9.17, 15) is 19.7 Å². The summed E-state index contributed by atoms with van der Waals surface area (Å²) in [6.07, 6.45) is 16.5. The van der Waals surface area contributed by atoms with Gasteiger partial charge in [0.05, 0.1) is 22.3 Å². The number of carbonyl (C=O) groups excluding carboxylic acids is 2. The molecule has 0 bridgehead atoms. The standard InChI is InChI=1S/C27H32N4O2.C26H2.H3N5O2.14H2/c28-23(13-10-19-6-2-1-3-7-19)27(33)31-17-5-4-8-24(31)25(32)14-11-20-9-12-22-21(18-20)15-16-30-26(22)29;1-3-5-7-9-11-13-15-17-19-21-23-25-26-24-22-20-18-16-14-12-10-8-6-4-2;1-2-3-4-5(6)7;;;;;;;;;;;;;;/h1-3,6-7,9,12,15-16,18,23-24H,4-5,8,10-11,13-14,17,28H2,(H2,29,30);1-2H;(H2,1,3)(H,2,4);14*1H/t23-,24+;;;;;;;;;;;;;;;;/m1................/s1. The lowest BCUT2D eigenvalue weighted by molar-refractivity contribution is -0.546. The molecule has 13 heteroatoms. The van der Waals surface area contributed by atoms with Crippen LogP contribution >= 0.6 is 0 Å². The van der Waals surface area contributed by atoms with Crippen LogP contribution in [-0.4, -0.2) is 45.2 Å². The van der Waals surface area contributed by atoms with Crippen LogP contribution in [0.1, 0.15) is 63.2 Å². The van der Waals surface area contributed by atoms with Crippen LogP contribution in [0.2, 0.25) is 0 Å². The zero-order valence-corrected chi connectivity index (χ0v) is 35.3. The quantitative estimate of drug-likeness (QED) is 0.0583. The second kappa shape index (κ2) is 33.4. The number of nitro groups is 1. The zero-order valence-electron chi connectivity index (χ0n) is 35.3. The lowest BCUT2D eigenvalue weighted by Gasteiger charge is -2.36. The number of hydrazine groups is 1. The van der Waals surface area contributed by atoms with Crippen LogP contribution in [0.4, 0.5) is 5.82 Å². The molecular weight excluding hydrogens is 827 g/mol. The Morgan fingerprint density at radius 2 is 1.29 bits per heavy atom. The molecule has 2 aromatic carbocycles. The Morgan fingerprint density at radius 1 is 0.773 bits per heavy atom. The van der Waals surface area contributed by atoms with E-state index in [-0.39, 0.29) is 37.7 Å². The number of carbonyl (C=O) groups is 2. The highest BCUT2D eigenvalue weighted by Crippen LogP contribution is 2.23. The third-order valence-electron chi connectivity index (χ3n) is 8.22. The second-order valence-electron chi connectivity index (χ2n) is 12.5. The van der Waals surface area contributed by atoms with Crippen molar-refractivity contribution in [1.29, 1.82) is 0 Å². The first-order chi connectivity index (χ1) is 32.2. The minimum Gasteiger partial charge on any atom is -0.383 e. The molecule has 13 nitrogen and oxygen atoms in total. The van der Waals surface area contributed by atoms with Gasteiger partial charge < -0.3 is 26.5 Å². The van der Waals surface area contributed by atoms with Gasteiger partial charge in [-0.1, -0.05) is 48.5 Å². The van der Waals surface area contributed by atoms with Crippen LogP contribution in [0.25, 0.3) is 10.8 Å². The molecule has 3 aromatic rings. The van der Waals surface area contributed by atoms with E-state index in [0.717, 1.165) is 42.0 Å². The van der Waals surface area contributed by atoms with Crippen LogP contribution in [0.15, 0.2) is 71.2 Å². The Morgan fingerprint density at radius 3 is 1.76 bits per heavy atom. The molecule has 4 rings (SSSR count). The Labute approximate surface area is 406 Å². The fourth-order valence-electron chi connectivity index (χ4n) is 5.43. The van der Waals surface area contributed by atoms with Crippen molar-refractivity contribution in [2.24, 2.45) is 22.0 Å². The number of ketones is 1.